The van der Waals surface area contributed by atoms with Crippen LogP contribution in [0.3, 0.4) is 0 Å². The van der Waals surface area contributed by atoms with Gasteiger partial charge in [-0.3, -0.25) is 4.79 Å². The molecule has 0 bridgehead atoms. The standard InChI is InChI=1S/C18H21NO2S2/c1-22-15-9-7-14(8-10-15)17(20)13-19-18(21)11-12-23-16-5-3-2-4-6-16/h2-10,17,20H,11-13H2,1H3,(H,19,21)/t17-/m1/s1. The van der Waals surface area contributed by atoms with Gasteiger partial charge in [0.1, 0.15) is 0 Å². The number of thioether (sulfide) groups is 2. The number of hydrogen-bond donors (Lipinski definition) is 2. The van der Waals surface area contributed by atoms with Crippen molar-refractivity contribution in [1.82, 2.24) is 5.32 Å². The molecule has 0 aromatic heterocycles. The second-order valence-corrected chi connectivity index (χ2v) is 7.05. The fourth-order valence-electron chi connectivity index (χ4n) is 2.02. The van der Waals surface area contributed by atoms with Crippen molar-refractivity contribution in [2.75, 3.05) is 18.6 Å². The van der Waals surface area contributed by atoms with Gasteiger partial charge in [0, 0.05) is 28.5 Å². The molecule has 2 aromatic rings. The largest absolute Gasteiger partial charge is 0.387 e. The average molecular weight is 348 g/mol. The first-order chi connectivity index (χ1) is 11.2. The van der Waals surface area contributed by atoms with Crippen molar-refractivity contribution >= 4 is 29.4 Å². The van der Waals surface area contributed by atoms with Crippen LogP contribution in [0.25, 0.3) is 0 Å². The molecule has 0 aliphatic carbocycles. The number of amides is 1. The van der Waals surface area contributed by atoms with E-state index in [0.717, 1.165) is 21.1 Å². The monoisotopic (exact) mass is 347 g/mol. The Labute approximate surface area is 145 Å². The molecule has 3 nitrogen and oxygen atoms in total. The summed E-state index contributed by atoms with van der Waals surface area (Å²) in [6, 6.07) is 17.8. The minimum Gasteiger partial charge on any atom is -0.387 e. The van der Waals surface area contributed by atoms with Crippen LogP contribution in [-0.2, 0) is 4.79 Å². The lowest BCUT2D eigenvalue weighted by Crippen LogP contribution is -2.28. The first kappa shape index (κ1) is 17.9. The van der Waals surface area contributed by atoms with Gasteiger partial charge in [0.25, 0.3) is 0 Å². The summed E-state index contributed by atoms with van der Waals surface area (Å²) in [5.41, 5.74) is 0.821. The second-order valence-electron chi connectivity index (χ2n) is 5.00. The second kappa shape index (κ2) is 9.65. The lowest BCUT2D eigenvalue weighted by molar-refractivity contribution is -0.121. The quantitative estimate of drug-likeness (QED) is 0.714. The Morgan fingerprint density at radius 2 is 1.78 bits per heavy atom. The molecule has 1 amide bonds. The van der Waals surface area contributed by atoms with Gasteiger partial charge in [0.2, 0.25) is 5.91 Å². The first-order valence-corrected chi connectivity index (χ1v) is 9.66. The highest BCUT2D eigenvalue weighted by Crippen LogP contribution is 2.19. The highest BCUT2D eigenvalue weighted by atomic mass is 32.2. The summed E-state index contributed by atoms with van der Waals surface area (Å²) < 4.78 is 0. The van der Waals surface area contributed by atoms with Crippen LogP contribution >= 0.6 is 23.5 Å². The number of hydrogen-bond acceptors (Lipinski definition) is 4. The number of aliphatic hydroxyl groups is 1. The van der Waals surface area contributed by atoms with E-state index in [9.17, 15) is 9.90 Å². The predicted molar refractivity (Wildman–Crippen MR) is 98.0 cm³/mol. The Morgan fingerprint density at radius 1 is 1.09 bits per heavy atom. The third-order valence-electron chi connectivity index (χ3n) is 3.33. The van der Waals surface area contributed by atoms with Gasteiger partial charge in [-0.2, -0.15) is 0 Å². The van der Waals surface area contributed by atoms with Crippen molar-refractivity contribution in [2.45, 2.75) is 22.3 Å². The van der Waals surface area contributed by atoms with E-state index in [4.69, 9.17) is 0 Å². The van der Waals surface area contributed by atoms with Crippen LogP contribution in [0.1, 0.15) is 18.1 Å². The fourth-order valence-corrected chi connectivity index (χ4v) is 3.30. The molecule has 0 saturated carbocycles. The van der Waals surface area contributed by atoms with E-state index in [0.29, 0.717) is 6.42 Å². The molecule has 2 rings (SSSR count). The van der Waals surface area contributed by atoms with Gasteiger partial charge >= 0.3 is 0 Å². The molecule has 0 saturated heterocycles. The first-order valence-electron chi connectivity index (χ1n) is 7.45. The summed E-state index contributed by atoms with van der Waals surface area (Å²) in [6.07, 6.45) is 1.79. The van der Waals surface area contributed by atoms with Crippen LogP contribution in [0, 0.1) is 0 Å². The van der Waals surface area contributed by atoms with Crippen molar-refractivity contribution in [2.24, 2.45) is 0 Å². The maximum absolute atomic E-state index is 11.8. The highest BCUT2D eigenvalue weighted by molar-refractivity contribution is 7.99. The number of aliphatic hydroxyl groups excluding tert-OH is 1. The zero-order valence-electron chi connectivity index (χ0n) is 13.1. The van der Waals surface area contributed by atoms with Crippen molar-refractivity contribution in [3.8, 4) is 0 Å². The smallest absolute Gasteiger partial charge is 0.220 e. The zero-order chi connectivity index (χ0) is 16.5. The normalized spacial score (nSPS) is 11.9. The van der Waals surface area contributed by atoms with Gasteiger partial charge in [-0.15, -0.1) is 23.5 Å². The number of benzene rings is 2. The van der Waals surface area contributed by atoms with E-state index < -0.39 is 6.10 Å². The van der Waals surface area contributed by atoms with Crippen LogP contribution < -0.4 is 5.32 Å². The molecule has 0 heterocycles. The Morgan fingerprint density at radius 3 is 2.43 bits per heavy atom. The Kier molecular flexibility index (Phi) is 7.52. The van der Waals surface area contributed by atoms with Crippen LogP contribution in [0.5, 0.6) is 0 Å². The Bertz CT molecular complexity index is 602. The van der Waals surface area contributed by atoms with Gasteiger partial charge < -0.3 is 10.4 Å². The van der Waals surface area contributed by atoms with E-state index in [1.807, 2.05) is 60.9 Å². The summed E-state index contributed by atoms with van der Waals surface area (Å²) >= 11 is 3.32. The van der Waals surface area contributed by atoms with E-state index in [2.05, 4.69) is 5.32 Å². The minimum atomic E-state index is -0.670. The molecule has 23 heavy (non-hydrogen) atoms. The van der Waals surface area contributed by atoms with Crippen molar-refractivity contribution in [1.29, 1.82) is 0 Å². The molecule has 5 heteroatoms. The summed E-state index contributed by atoms with van der Waals surface area (Å²) in [6.45, 7) is 0.244. The van der Waals surface area contributed by atoms with Crippen LogP contribution in [-0.4, -0.2) is 29.6 Å². The lowest BCUT2D eigenvalue weighted by atomic mass is 10.1. The molecule has 2 N–H and O–H groups in total. The number of carbonyl (C=O) groups excluding carboxylic acids is 1. The molecular formula is C18H21NO2S2. The lowest BCUT2D eigenvalue weighted by Gasteiger charge is -2.12. The van der Waals surface area contributed by atoms with Gasteiger partial charge in [-0.05, 0) is 36.1 Å². The van der Waals surface area contributed by atoms with Crippen LogP contribution in [0.4, 0.5) is 0 Å². The summed E-state index contributed by atoms with van der Waals surface area (Å²) in [5, 5.41) is 12.9. The molecule has 2 aromatic carbocycles. The van der Waals surface area contributed by atoms with Gasteiger partial charge in [-0.1, -0.05) is 30.3 Å². The molecule has 0 fully saturated rings. The van der Waals surface area contributed by atoms with Crippen LogP contribution in [0.15, 0.2) is 64.4 Å². The highest BCUT2D eigenvalue weighted by Gasteiger charge is 2.09. The maximum atomic E-state index is 11.8. The number of nitrogens with one attached hydrogen (secondary N) is 1. The van der Waals surface area contributed by atoms with Crippen molar-refractivity contribution < 1.29 is 9.90 Å². The summed E-state index contributed by atoms with van der Waals surface area (Å²) in [5.74, 6) is 0.696. The number of rotatable bonds is 8. The van der Waals surface area contributed by atoms with Gasteiger partial charge in [-0.25, -0.2) is 0 Å². The molecular weight excluding hydrogens is 326 g/mol. The molecule has 0 aliphatic heterocycles. The molecule has 122 valence electrons. The van der Waals surface area contributed by atoms with E-state index in [-0.39, 0.29) is 12.5 Å². The third kappa shape index (κ3) is 6.29. The Balaban J connectivity index is 1.68. The van der Waals surface area contributed by atoms with Crippen molar-refractivity contribution in [3.63, 3.8) is 0 Å². The number of carbonyl (C=O) groups is 1. The Hall–Kier alpha value is -1.43. The average Bonchev–Trinajstić information content (AvgIpc) is 2.60. The predicted octanol–water partition coefficient (Wildman–Crippen LogP) is 3.74. The fraction of sp³-hybridized carbons (Fsp3) is 0.278. The van der Waals surface area contributed by atoms with Gasteiger partial charge in [0.15, 0.2) is 0 Å². The molecule has 0 radical (unpaired) electrons. The minimum absolute atomic E-state index is 0.0341. The SMILES string of the molecule is CSc1ccc([C@H](O)CNC(=O)CCSc2ccccc2)cc1. The van der Waals surface area contributed by atoms with Crippen molar-refractivity contribution in [3.05, 3.63) is 60.2 Å². The van der Waals surface area contributed by atoms with Crippen LogP contribution in [0.2, 0.25) is 0 Å². The van der Waals surface area contributed by atoms with Gasteiger partial charge in [0.05, 0.1) is 6.10 Å². The summed E-state index contributed by atoms with van der Waals surface area (Å²) in [7, 11) is 0. The topological polar surface area (TPSA) is 49.3 Å². The third-order valence-corrected chi connectivity index (χ3v) is 5.09. The zero-order valence-corrected chi connectivity index (χ0v) is 14.7. The summed E-state index contributed by atoms with van der Waals surface area (Å²) in [4.78, 5) is 14.1. The van der Waals surface area contributed by atoms with E-state index in [1.54, 1.807) is 23.5 Å². The molecule has 0 unspecified atom stereocenters. The van der Waals surface area contributed by atoms with E-state index >= 15 is 0 Å². The van der Waals surface area contributed by atoms with E-state index in [1.165, 1.54) is 0 Å². The molecule has 1 atom stereocenters. The molecule has 0 spiro atoms. The molecule has 0 aliphatic rings. The maximum Gasteiger partial charge on any atom is 0.220 e.